The Morgan fingerprint density at radius 3 is 2.30 bits per heavy atom. The van der Waals surface area contributed by atoms with Crippen molar-refractivity contribution in [2.45, 2.75) is 46.2 Å². The van der Waals surface area contributed by atoms with E-state index >= 15 is 0 Å². The van der Waals surface area contributed by atoms with Crippen molar-refractivity contribution in [1.29, 1.82) is 0 Å². The molecule has 0 aliphatic carbocycles. The molecule has 2 atom stereocenters. The first-order valence-electron chi connectivity index (χ1n) is 7.74. The van der Waals surface area contributed by atoms with Crippen LogP contribution in [0, 0.1) is 13.8 Å². The van der Waals surface area contributed by atoms with Gasteiger partial charge in [-0.05, 0) is 57.4 Å². The lowest BCUT2D eigenvalue weighted by atomic mass is 10.1. The lowest BCUT2D eigenvalue weighted by Crippen LogP contribution is -2.55. The molecule has 2 unspecified atom stereocenters. The summed E-state index contributed by atoms with van der Waals surface area (Å²) in [4.78, 5) is 2.58. The average molecular weight is 276 g/mol. The van der Waals surface area contributed by atoms with Crippen molar-refractivity contribution in [2.24, 2.45) is 0 Å². The van der Waals surface area contributed by atoms with Gasteiger partial charge < -0.3 is 10.1 Å². The SMILES string of the molecule is Cc1cc(C)cc(OCCCN2C(C)CNCC2C)c1. The maximum absolute atomic E-state index is 5.89. The van der Waals surface area contributed by atoms with E-state index < -0.39 is 0 Å². The minimum Gasteiger partial charge on any atom is -0.494 e. The lowest BCUT2D eigenvalue weighted by Gasteiger charge is -2.39. The molecule has 20 heavy (non-hydrogen) atoms. The fourth-order valence-electron chi connectivity index (χ4n) is 3.06. The first-order chi connectivity index (χ1) is 9.56. The standard InChI is InChI=1S/C17H28N2O/c1-13-8-14(2)10-17(9-13)20-7-5-6-19-15(3)11-18-12-16(19)4/h8-10,15-16,18H,5-7,11-12H2,1-4H3. The van der Waals surface area contributed by atoms with Crippen LogP contribution in [0.15, 0.2) is 18.2 Å². The van der Waals surface area contributed by atoms with Crippen molar-refractivity contribution in [3.63, 3.8) is 0 Å². The number of nitrogens with zero attached hydrogens (tertiary/aromatic N) is 1. The molecule has 0 radical (unpaired) electrons. The minimum absolute atomic E-state index is 0.625. The van der Waals surface area contributed by atoms with Gasteiger partial charge in [-0.15, -0.1) is 0 Å². The largest absolute Gasteiger partial charge is 0.494 e. The Morgan fingerprint density at radius 1 is 1.10 bits per heavy atom. The van der Waals surface area contributed by atoms with Crippen molar-refractivity contribution < 1.29 is 4.74 Å². The predicted octanol–water partition coefficient (Wildman–Crippen LogP) is 2.75. The number of ether oxygens (including phenoxy) is 1. The molecule has 0 spiro atoms. The van der Waals surface area contributed by atoms with Gasteiger partial charge in [-0.1, -0.05) is 6.07 Å². The zero-order valence-electron chi connectivity index (χ0n) is 13.3. The van der Waals surface area contributed by atoms with E-state index in [2.05, 4.69) is 56.1 Å². The van der Waals surface area contributed by atoms with Crippen LogP contribution in [0.5, 0.6) is 5.75 Å². The number of nitrogens with one attached hydrogen (secondary N) is 1. The molecular formula is C17H28N2O. The van der Waals surface area contributed by atoms with E-state index in [1.807, 2.05) is 0 Å². The second-order valence-corrected chi connectivity index (χ2v) is 6.12. The van der Waals surface area contributed by atoms with Gasteiger partial charge in [-0.25, -0.2) is 0 Å². The van der Waals surface area contributed by atoms with Gasteiger partial charge in [0.05, 0.1) is 6.61 Å². The number of hydrogen-bond donors (Lipinski definition) is 1. The van der Waals surface area contributed by atoms with Crippen LogP contribution in [0.4, 0.5) is 0 Å². The van der Waals surface area contributed by atoms with Crippen LogP contribution in [0.25, 0.3) is 0 Å². The molecule has 1 N–H and O–H groups in total. The highest BCUT2D eigenvalue weighted by atomic mass is 16.5. The molecule has 1 saturated heterocycles. The summed E-state index contributed by atoms with van der Waals surface area (Å²) in [6, 6.07) is 7.66. The number of aryl methyl sites for hydroxylation is 2. The van der Waals surface area contributed by atoms with E-state index in [0.717, 1.165) is 38.4 Å². The molecule has 1 aliphatic rings. The van der Waals surface area contributed by atoms with E-state index in [0.29, 0.717) is 12.1 Å². The molecule has 1 aromatic rings. The summed E-state index contributed by atoms with van der Waals surface area (Å²) in [7, 11) is 0. The molecule has 112 valence electrons. The minimum atomic E-state index is 0.625. The average Bonchev–Trinajstić information content (AvgIpc) is 2.36. The van der Waals surface area contributed by atoms with Crippen molar-refractivity contribution >= 4 is 0 Å². The van der Waals surface area contributed by atoms with Gasteiger partial charge in [0.25, 0.3) is 0 Å². The fraction of sp³-hybridized carbons (Fsp3) is 0.647. The van der Waals surface area contributed by atoms with Crippen LogP contribution >= 0.6 is 0 Å². The third-order valence-electron chi connectivity index (χ3n) is 4.04. The molecular weight excluding hydrogens is 248 g/mol. The monoisotopic (exact) mass is 276 g/mol. The molecule has 1 heterocycles. The normalized spacial score (nSPS) is 23.8. The predicted molar refractivity (Wildman–Crippen MR) is 84.5 cm³/mol. The molecule has 0 aromatic heterocycles. The molecule has 3 heteroatoms. The maximum Gasteiger partial charge on any atom is 0.119 e. The molecule has 1 aliphatic heterocycles. The van der Waals surface area contributed by atoms with E-state index in [1.165, 1.54) is 11.1 Å². The number of benzene rings is 1. The summed E-state index contributed by atoms with van der Waals surface area (Å²) in [5, 5.41) is 3.47. The summed E-state index contributed by atoms with van der Waals surface area (Å²) >= 11 is 0. The van der Waals surface area contributed by atoms with Crippen molar-refractivity contribution in [1.82, 2.24) is 10.2 Å². The topological polar surface area (TPSA) is 24.5 Å². The molecule has 0 bridgehead atoms. The lowest BCUT2D eigenvalue weighted by molar-refractivity contribution is 0.109. The van der Waals surface area contributed by atoms with Crippen LogP contribution in [-0.4, -0.2) is 43.2 Å². The Morgan fingerprint density at radius 2 is 1.70 bits per heavy atom. The highest BCUT2D eigenvalue weighted by molar-refractivity contribution is 5.32. The van der Waals surface area contributed by atoms with Crippen LogP contribution in [-0.2, 0) is 0 Å². The molecule has 0 saturated carbocycles. The molecule has 3 nitrogen and oxygen atoms in total. The molecule has 1 aromatic carbocycles. The maximum atomic E-state index is 5.89. The zero-order valence-corrected chi connectivity index (χ0v) is 13.3. The van der Waals surface area contributed by atoms with Gasteiger partial charge in [0.2, 0.25) is 0 Å². The Balaban J connectivity index is 1.75. The van der Waals surface area contributed by atoms with E-state index in [-0.39, 0.29) is 0 Å². The Hall–Kier alpha value is -1.06. The Bertz CT molecular complexity index is 403. The zero-order chi connectivity index (χ0) is 14.5. The highest BCUT2D eigenvalue weighted by Gasteiger charge is 2.23. The van der Waals surface area contributed by atoms with Gasteiger partial charge in [0.15, 0.2) is 0 Å². The van der Waals surface area contributed by atoms with E-state index in [1.54, 1.807) is 0 Å². The summed E-state index contributed by atoms with van der Waals surface area (Å²) in [6.07, 6.45) is 1.08. The Kier molecular flexibility index (Phi) is 5.44. The van der Waals surface area contributed by atoms with Crippen molar-refractivity contribution in [2.75, 3.05) is 26.2 Å². The third-order valence-corrected chi connectivity index (χ3v) is 4.04. The van der Waals surface area contributed by atoms with Gasteiger partial charge >= 0.3 is 0 Å². The van der Waals surface area contributed by atoms with Crippen molar-refractivity contribution in [3.8, 4) is 5.75 Å². The second kappa shape index (κ2) is 7.09. The van der Waals surface area contributed by atoms with Crippen LogP contribution in [0.3, 0.4) is 0 Å². The summed E-state index contributed by atoms with van der Waals surface area (Å²) in [5.41, 5.74) is 2.54. The Labute approximate surface area is 123 Å². The highest BCUT2D eigenvalue weighted by Crippen LogP contribution is 2.16. The number of hydrogen-bond acceptors (Lipinski definition) is 3. The number of piperazine rings is 1. The van der Waals surface area contributed by atoms with E-state index in [9.17, 15) is 0 Å². The summed E-state index contributed by atoms with van der Waals surface area (Å²) in [5.74, 6) is 1.00. The van der Waals surface area contributed by atoms with Crippen LogP contribution < -0.4 is 10.1 Å². The summed E-state index contributed by atoms with van der Waals surface area (Å²) in [6.45, 7) is 12.9. The van der Waals surface area contributed by atoms with Gasteiger partial charge in [-0.2, -0.15) is 0 Å². The summed E-state index contributed by atoms with van der Waals surface area (Å²) < 4.78 is 5.89. The van der Waals surface area contributed by atoms with Crippen LogP contribution in [0.1, 0.15) is 31.4 Å². The third kappa shape index (κ3) is 4.22. The van der Waals surface area contributed by atoms with Crippen molar-refractivity contribution in [3.05, 3.63) is 29.3 Å². The van der Waals surface area contributed by atoms with Gasteiger partial charge in [0, 0.05) is 31.7 Å². The van der Waals surface area contributed by atoms with Gasteiger partial charge in [-0.3, -0.25) is 4.90 Å². The van der Waals surface area contributed by atoms with Gasteiger partial charge in [0.1, 0.15) is 5.75 Å². The molecule has 1 fully saturated rings. The quantitative estimate of drug-likeness (QED) is 0.837. The van der Waals surface area contributed by atoms with E-state index in [4.69, 9.17) is 4.74 Å². The first kappa shape index (κ1) is 15.3. The second-order valence-electron chi connectivity index (χ2n) is 6.12. The fourth-order valence-corrected chi connectivity index (χ4v) is 3.06. The molecule has 0 amide bonds. The molecule has 2 rings (SSSR count). The van der Waals surface area contributed by atoms with Crippen LogP contribution in [0.2, 0.25) is 0 Å². The number of rotatable bonds is 5. The first-order valence-corrected chi connectivity index (χ1v) is 7.74. The smallest absolute Gasteiger partial charge is 0.119 e.